The maximum absolute atomic E-state index is 13.6. The lowest BCUT2D eigenvalue weighted by atomic mass is 10.0. The van der Waals surface area contributed by atoms with Gasteiger partial charge in [0.05, 0.1) is 18.2 Å². The maximum Gasteiger partial charge on any atom is 0.226 e. The summed E-state index contributed by atoms with van der Waals surface area (Å²) in [5, 5.41) is 5.31. The van der Waals surface area contributed by atoms with Crippen LogP contribution in [0.5, 0.6) is 0 Å². The number of anilines is 1. The van der Waals surface area contributed by atoms with E-state index in [9.17, 15) is 18.4 Å². The molecule has 0 saturated heterocycles. The number of amides is 2. The Balaban J connectivity index is 2.17. The average molecular weight is 353 g/mol. The molecule has 0 unspecified atom stereocenters. The van der Waals surface area contributed by atoms with Crippen LogP contribution in [0.25, 0.3) is 0 Å². The van der Waals surface area contributed by atoms with E-state index in [1.54, 1.807) is 24.3 Å². The van der Waals surface area contributed by atoms with Gasteiger partial charge >= 0.3 is 0 Å². The van der Waals surface area contributed by atoms with Gasteiger partial charge in [0.25, 0.3) is 0 Å². The van der Waals surface area contributed by atoms with Crippen LogP contribution < -0.4 is 10.6 Å². The minimum absolute atomic E-state index is 0.181. The molecule has 2 aromatic rings. The fraction of sp³-hybridized carbons (Fsp3) is 0.176. The van der Waals surface area contributed by atoms with Gasteiger partial charge in [-0.05, 0) is 23.8 Å². The molecule has 0 spiro atoms. The highest BCUT2D eigenvalue weighted by Gasteiger charge is 2.20. The Labute approximate surface area is 142 Å². The largest absolute Gasteiger partial charge is 0.349 e. The van der Waals surface area contributed by atoms with Crippen molar-refractivity contribution in [2.75, 3.05) is 5.32 Å². The number of halogens is 3. The highest BCUT2D eigenvalue weighted by Crippen LogP contribution is 2.26. The molecule has 4 nitrogen and oxygen atoms in total. The molecule has 0 aliphatic carbocycles. The molecule has 0 aliphatic heterocycles. The van der Waals surface area contributed by atoms with Crippen molar-refractivity contribution < 1.29 is 18.4 Å². The third-order valence-electron chi connectivity index (χ3n) is 3.25. The van der Waals surface area contributed by atoms with Crippen LogP contribution in [0.1, 0.15) is 24.9 Å². The monoisotopic (exact) mass is 352 g/mol. The minimum Gasteiger partial charge on any atom is -0.349 e. The fourth-order valence-corrected chi connectivity index (χ4v) is 2.49. The van der Waals surface area contributed by atoms with E-state index < -0.39 is 23.6 Å². The Morgan fingerprint density at radius 1 is 1.17 bits per heavy atom. The molecule has 126 valence electrons. The molecule has 2 amide bonds. The predicted molar refractivity (Wildman–Crippen MR) is 87.6 cm³/mol. The molecular formula is C17H15ClF2N2O2. The van der Waals surface area contributed by atoms with Crippen molar-refractivity contribution in [2.45, 2.75) is 19.4 Å². The number of hydrogen-bond acceptors (Lipinski definition) is 2. The summed E-state index contributed by atoms with van der Waals surface area (Å²) in [6.45, 7) is 1.31. The third-order valence-corrected chi connectivity index (χ3v) is 3.59. The van der Waals surface area contributed by atoms with Gasteiger partial charge in [-0.1, -0.05) is 29.8 Å². The molecule has 0 radical (unpaired) electrons. The van der Waals surface area contributed by atoms with Crippen LogP contribution in [0.15, 0.2) is 42.5 Å². The molecule has 2 rings (SSSR count). The fourth-order valence-electron chi connectivity index (χ4n) is 2.22. The summed E-state index contributed by atoms with van der Waals surface area (Å²) >= 11 is 6.10. The number of carbonyl (C=O) groups is 2. The molecule has 0 aromatic heterocycles. The molecule has 0 saturated carbocycles. The topological polar surface area (TPSA) is 58.2 Å². The van der Waals surface area contributed by atoms with Crippen molar-refractivity contribution >= 4 is 29.1 Å². The average Bonchev–Trinajstić information content (AvgIpc) is 2.50. The van der Waals surface area contributed by atoms with E-state index in [1.165, 1.54) is 6.92 Å². The van der Waals surface area contributed by atoms with Crippen molar-refractivity contribution in [3.05, 3.63) is 64.7 Å². The lowest BCUT2D eigenvalue weighted by Gasteiger charge is -2.19. The quantitative estimate of drug-likeness (QED) is 0.859. The molecule has 7 heteroatoms. The highest BCUT2D eigenvalue weighted by atomic mass is 35.5. The summed E-state index contributed by atoms with van der Waals surface area (Å²) in [6.07, 6.45) is -0.181. The summed E-state index contributed by atoms with van der Waals surface area (Å²) < 4.78 is 26.7. The van der Waals surface area contributed by atoms with Gasteiger partial charge in [-0.3, -0.25) is 9.59 Å². The zero-order chi connectivity index (χ0) is 17.7. The van der Waals surface area contributed by atoms with Crippen molar-refractivity contribution in [1.29, 1.82) is 0 Å². The smallest absolute Gasteiger partial charge is 0.226 e. The maximum atomic E-state index is 13.6. The number of benzene rings is 2. The lowest BCUT2D eigenvalue weighted by Crippen LogP contribution is -2.30. The number of rotatable bonds is 5. The van der Waals surface area contributed by atoms with E-state index >= 15 is 0 Å². The van der Waals surface area contributed by atoms with Gasteiger partial charge in [0.2, 0.25) is 11.8 Å². The minimum atomic E-state index is -0.751. The first-order valence-electron chi connectivity index (χ1n) is 7.13. The number of carbonyl (C=O) groups excluding carboxylic acids is 2. The van der Waals surface area contributed by atoms with E-state index in [0.717, 1.165) is 18.2 Å². The Bertz CT molecular complexity index is 768. The van der Waals surface area contributed by atoms with Crippen LogP contribution in [-0.4, -0.2) is 11.8 Å². The van der Waals surface area contributed by atoms with E-state index in [0.29, 0.717) is 10.6 Å². The SMILES string of the molecule is CC(=O)N[C@H](CC(=O)Nc1cc(F)ccc1F)c1ccccc1Cl. The summed E-state index contributed by atoms with van der Waals surface area (Å²) in [4.78, 5) is 23.5. The standard InChI is InChI=1S/C17H15ClF2N2O2/c1-10(23)21-15(12-4-2-3-5-13(12)18)9-17(24)22-16-8-11(19)6-7-14(16)20/h2-8,15H,9H2,1H3,(H,21,23)(H,22,24)/t15-/m1/s1. The zero-order valence-electron chi connectivity index (χ0n) is 12.8. The summed E-state index contributed by atoms with van der Waals surface area (Å²) in [5.41, 5.74) is 0.296. The second-order valence-electron chi connectivity index (χ2n) is 5.15. The van der Waals surface area contributed by atoms with Crippen molar-refractivity contribution in [2.24, 2.45) is 0 Å². The normalized spacial score (nSPS) is 11.7. The van der Waals surface area contributed by atoms with Crippen molar-refractivity contribution in [3.8, 4) is 0 Å². The van der Waals surface area contributed by atoms with E-state index in [4.69, 9.17) is 11.6 Å². The van der Waals surface area contributed by atoms with Gasteiger partial charge in [-0.25, -0.2) is 8.78 Å². The van der Waals surface area contributed by atoms with Crippen LogP contribution in [0.2, 0.25) is 5.02 Å². The molecule has 0 fully saturated rings. The van der Waals surface area contributed by atoms with Gasteiger partial charge in [0.15, 0.2) is 0 Å². The van der Waals surface area contributed by atoms with Crippen LogP contribution in [-0.2, 0) is 9.59 Å². The summed E-state index contributed by atoms with van der Waals surface area (Å²) in [5.74, 6) is -2.35. The Hall–Kier alpha value is -2.47. The summed E-state index contributed by atoms with van der Waals surface area (Å²) in [6, 6.07) is 8.83. The Morgan fingerprint density at radius 3 is 2.54 bits per heavy atom. The molecule has 0 heterocycles. The van der Waals surface area contributed by atoms with E-state index in [1.807, 2.05) is 0 Å². The van der Waals surface area contributed by atoms with Crippen LogP contribution >= 0.6 is 11.6 Å². The second kappa shape index (κ2) is 7.88. The van der Waals surface area contributed by atoms with Crippen LogP contribution in [0, 0.1) is 11.6 Å². The summed E-state index contributed by atoms with van der Waals surface area (Å²) in [7, 11) is 0. The predicted octanol–water partition coefficient (Wildman–Crippen LogP) is 3.82. The first-order chi connectivity index (χ1) is 11.4. The number of nitrogens with one attached hydrogen (secondary N) is 2. The van der Waals surface area contributed by atoms with E-state index in [-0.39, 0.29) is 18.0 Å². The van der Waals surface area contributed by atoms with Gasteiger partial charge in [0.1, 0.15) is 11.6 Å². The first-order valence-corrected chi connectivity index (χ1v) is 7.51. The van der Waals surface area contributed by atoms with E-state index in [2.05, 4.69) is 10.6 Å². The van der Waals surface area contributed by atoms with Crippen molar-refractivity contribution in [1.82, 2.24) is 5.32 Å². The lowest BCUT2D eigenvalue weighted by molar-refractivity contribution is -0.120. The molecule has 0 bridgehead atoms. The molecule has 0 aliphatic rings. The molecule has 1 atom stereocenters. The Morgan fingerprint density at radius 2 is 1.88 bits per heavy atom. The first kappa shape index (κ1) is 17.9. The van der Waals surface area contributed by atoms with Gasteiger partial charge in [-0.2, -0.15) is 0 Å². The van der Waals surface area contributed by atoms with Crippen molar-refractivity contribution in [3.63, 3.8) is 0 Å². The highest BCUT2D eigenvalue weighted by molar-refractivity contribution is 6.31. The van der Waals surface area contributed by atoms with Gasteiger partial charge in [-0.15, -0.1) is 0 Å². The van der Waals surface area contributed by atoms with Gasteiger partial charge < -0.3 is 10.6 Å². The Kier molecular flexibility index (Phi) is 5.87. The second-order valence-corrected chi connectivity index (χ2v) is 5.56. The molecule has 2 aromatic carbocycles. The zero-order valence-corrected chi connectivity index (χ0v) is 13.5. The van der Waals surface area contributed by atoms with Crippen LogP contribution in [0.4, 0.5) is 14.5 Å². The molecule has 2 N–H and O–H groups in total. The molecule has 24 heavy (non-hydrogen) atoms. The third kappa shape index (κ3) is 4.76. The van der Waals surface area contributed by atoms with Gasteiger partial charge in [0, 0.05) is 18.0 Å². The number of hydrogen-bond donors (Lipinski definition) is 2. The molecular weight excluding hydrogens is 338 g/mol. The van der Waals surface area contributed by atoms with Crippen LogP contribution in [0.3, 0.4) is 0 Å².